The Bertz CT molecular complexity index is 2680. The monoisotopic (exact) mass is 769 g/mol. The fourth-order valence-electron chi connectivity index (χ4n) is 8.43. The van der Waals surface area contributed by atoms with Gasteiger partial charge in [0.15, 0.2) is 0 Å². The molecule has 0 aliphatic carbocycles. The Kier molecular flexibility index (Phi) is 8.87. The summed E-state index contributed by atoms with van der Waals surface area (Å²) < 4.78 is 36.2. The second-order valence-corrected chi connectivity index (χ2v) is 20.2. The molecule has 2 heterocycles. The molecule has 294 valence electrons. The van der Waals surface area contributed by atoms with E-state index in [1.165, 1.54) is 40.5 Å². The number of rotatable bonds is 3. The third-order valence-corrected chi connectivity index (χ3v) is 11.9. The Labute approximate surface area is 341 Å². The molecule has 0 amide bonds. The molecule has 2 aromatic heterocycles. The van der Waals surface area contributed by atoms with Crippen molar-refractivity contribution in [1.29, 1.82) is 5.26 Å². The molecule has 0 unspecified atom stereocenters. The third-order valence-electron chi connectivity index (χ3n) is 11.9. The van der Waals surface area contributed by atoms with E-state index in [1.807, 2.05) is 0 Å². The van der Waals surface area contributed by atoms with Crippen LogP contribution in [-0.2, 0) is 21.7 Å². The average molecular weight is 770 g/mol. The largest absolute Gasteiger partial charge is 0.308 e. The molecule has 5 heteroatoms. The molecule has 0 N–H and O–H groups in total. The first-order valence-electron chi connectivity index (χ1n) is 20.3. The first-order valence-corrected chi connectivity index (χ1v) is 20.3. The van der Waals surface area contributed by atoms with E-state index >= 15 is 8.78 Å². The lowest BCUT2D eigenvalue weighted by Crippen LogP contribution is -2.11. The quantitative estimate of drug-likeness (QED) is 0.176. The molecular weight excluding hydrogens is 717 g/mol. The molecule has 0 aliphatic heterocycles. The van der Waals surface area contributed by atoms with E-state index in [1.54, 1.807) is 12.1 Å². The third kappa shape index (κ3) is 6.38. The molecule has 0 bridgehead atoms. The summed E-state index contributed by atoms with van der Waals surface area (Å²) in [5.41, 5.74) is 9.72. The number of hydrogen-bond donors (Lipinski definition) is 0. The highest BCUT2D eigenvalue weighted by Gasteiger charge is 2.27. The van der Waals surface area contributed by atoms with Crippen LogP contribution in [0.1, 0.15) is 111 Å². The maximum atomic E-state index is 16.0. The fraction of sp³-hybridized carbons (Fsp3) is 0.302. The number of halogens is 2. The zero-order valence-corrected chi connectivity index (χ0v) is 35.9. The van der Waals surface area contributed by atoms with Crippen LogP contribution in [-0.4, -0.2) is 9.13 Å². The van der Waals surface area contributed by atoms with Crippen LogP contribution in [0.4, 0.5) is 8.78 Å². The average Bonchev–Trinajstić information content (AvgIpc) is 3.64. The molecule has 0 saturated carbocycles. The Morgan fingerprint density at radius 3 is 0.983 bits per heavy atom. The minimum atomic E-state index is -0.666. The first-order chi connectivity index (χ1) is 27.1. The van der Waals surface area contributed by atoms with Gasteiger partial charge in [-0.3, -0.25) is 0 Å². The summed E-state index contributed by atoms with van der Waals surface area (Å²) in [5, 5.41) is 15.7. The minimum Gasteiger partial charge on any atom is -0.308 e. The molecule has 8 rings (SSSR count). The SMILES string of the molecule is CC(C)(C)c1ccc2c(c1)c1cc(C(C)(C)C)ccc1n2-c1cc(-c2c(F)cccc2F)cc(-n2c3ccc(C(C)(C)C)cc3c3cc(C(C)(C)C)ccc32)c1C#N. The maximum absolute atomic E-state index is 16.0. The summed E-state index contributed by atoms with van der Waals surface area (Å²) >= 11 is 0. The number of nitrogens with zero attached hydrogens (tertiary/aromatic N) is 3. The highest BCUT2D eigenvalue weighted by atomic mass is 19.1. The molecule has 58 heavy (non-hydrogen) atoms. The standard InChI is InChI=1S/C53H53F2N3/c1-50(2,3)32-16-20-43-36(26-32)37-27-33(51(4,5)6)17-21-44(37)57(43)47-24-31(49-41(54)14-13-15-42(49)55)25-48(40(47)30-56)58-45-22-18-34(52(7,8)9)28-38(45)39-29-35(53(10,11)12)19-23-46(39)58/h13-29H,1-12H3. The molecular formula is C53H53F2N3. The van der Waals surface area contributed by atoms with Gasteiger partial charge in [0.1, 0.15) is 23.3 Å². The van der Waals surface area contributed by atoms with Crippen LogP contribution < -0.4 is 0 Å². The summed E-state index contributed by atoms with van der Waals surface area (Å²) in [4.78, 5) is 0. The Morgan fingerprint density at radius 2 is 0.724 bits per heavy atom. The maximum Gasteiger partial charge on any atom is 0.133 e. The lowest BCUT2D eigenvalue weighted by molar-refractivity contribution is 0.589. The van der Waals surface area contributed by atoms with Crippen LogP contribution in [0.3, 0.4) is 0 Å². The molecule has 0 saturated heterocycles. The van der Waals surface area contributed by atoms with Gasteiger partial charge in [0, 0.05) is 21.5 Å². The van der Waals surface area contributed by atoms with Gasteiger partial charge in [0.05, 0.1) is 39.0 Å². The first kappa shape index (κ1) is 39.1. The van der Waals surface area contributed by atoms with Gasteiger partial charge < -0.3 is 9.13 Å². The van der Waals surface area contributed by atoms with Gasteiger partial charge in [-0.15, -0.1) is 0 Å². The van der Waals surface area contributed by atoms with Gasteiger partial charge in [-0.2, -0.15) is 5.26 Å². The highest BCUT2D eigenvalue weighted by molar-refractivity contribution is 6.12. The zero-order chi connectivity index (χ0) is 41.9. The number of aromatic nitrogens is 2. The number of nitriles is 1. The van der Waals surface area contributed by atoms with Gasteiger partial charge in [0.2, 0.25) is 0 Å². The Balaban J connectivity index is 1.57. The number of fused-ring (bicyclic) bond motifs is 6. The molecule has 0 radical (unpaired) electrons. The van der Waals surface area contributed by atoms with Crippen LogP contribution in [0.25, 0.3) is 66.1 Å². The summed E-state index contributed by atoms with van der Waals surface area (Å²) in [6.45, 7) is 26.5. The van der Waals surface area contributed by atoms with Crippen LogP contribution in [0, 0.1) is 23.0 Å². The highest BCUT2D eigenvalue weighted by Crippen LogP contribution is 2.44. The summed E-state index contributed by atoms with van der Waals surface area (Å²) in [7, 11) is 0. The van der Waals surface area contributed by atoms with Gasteiger partial charge >= 0.3 is 0 Å². The van der Waals surface area contributed by atoms with Crippen molar-refractivity contribution < 1.29 is 8.78 Å². The lowest BCUT2D eigenvalue weighted by Gasteiger charge is -2.21. The van der Waals surface area contributed by atoms with Crippen LogP contribution in [0.2, 0.25) is 0 Å². The van der Waals surface area contributed by atoms with E-state index in [9.17, 15) is 5.26 Å². The van der Waals surface area contributed by atoms with Crippen LogP contribution in [0.15, 0.2) is 103 Å². The molecule has 0 spiro atoms. The zero-order valence-electron chi connectivity index (χ0n) is 35.9. The van der Waals surface area contributed by atoms with E-state index in [0.29, 0.717) is 22.5 Å². The predicted octanol–water partition coefficient (Wildman–Crippen LogP) is 14.9. The number of hydrogen-bond acceptors (Lipinski definition) is 1. The summed E-state index contributed by atoms with van der Waals surface area (Å²) in [6, 6.07) is 36.4. The van der Waals surface area contributed by atoms with Gasteiger partial charge in [0.25, 0.3) is 0 Å². The van der Waals surface area contributed by atoms with Gasteiger partial charge in [-0.1, -0.05) is 113 Å². The normalized spacial score (nSPS) is 13.0. The molecule has 6 aromatic carbocycles. The van der Waals surface area contributed by atoms with E-state index in [0.717, 1.165) is 43.6 Å². The van der Waals surface area contributed by atoms with Crippen LogP contribution in [0.5, 0.6) is 0 Å². The van der Waals surface area contributed by atoms with Crippen molar-refractivity contribution in [3.05, 3.63) is 143 Å². The van der Waals surface area contributed by atoms with Gasteiger partial charge in [-0.25, -0.2) is 8.78 Å². The van der Waals surface area contributed by atoms with Crippen molar-refractivity contribution in [2.45, 2.75) is 105 Å². The summed E-state index contributed by atoms with van der Waals surface area (Å²) in [6.07, 6.45) is 0. The molecule has 8 aromatic rings. The molecule has 0 fully saturated rings. The second kappa shape index (κ2) is 13.1. The van der Waals surface area contributed by atoms with E-state index in [2.05, 4.69) is 171 Å². The summed E-state index contributed by atoms with van der Waals surface area (Å²) in [5.74, 6) is -1.33. The van der Waals surface area contributed by atoms with Crippen molar-refractivity contribution in [1.82, 2.24) is 9.13 Å². The smallest absolute Gasteiger partial charge is 0.133 e. The van der Waals surface area contributed by atoms with E-state index in [-0.39, 0.29) is 27.2 Å². The lowest BCUT2D eigenvalue weighted by atomic mass is 9.85. The Hall–Kier alpha value is -5.73. The van der Waals surface area contributed by atoms with Crippen molar-refractivity contribution in [2.75, 3.05) is 0 Å². The topological polar surface area (TPSA) is 33.6 Å². The fourth-order valence-corrected chi connectivity index (χ4v) is 8.43. The van der Waals surface area contributed by atoms with Crippen molar-refractivity contribution in [2.24, 2.45) is 0 Å². The second-order valence-electron chi connectivity index (χ2n) is 20.2. The van der Waals surface area contributed by atoms with Crippen molar-refractivity contribution in [3.8, 4) is 28.6 Å². The number of benzene rings is 6. The van der Waals surface area contributed by atoms with Crippen molar-refractivity contribution in [3.63, 3.8) is 0 Å². The van der Waals surface area contributed by atoms with E-state index < -0.39 is 11.6 Å². The van der Waals surface area contributed by atoms with Gasteiger partial charge in [-0.05, 0) is 122 Å². The molecule has 0 atom stereocenters. The Morgan fingerprint density at radius 1 is 0.431 bits per heavy atom. The molecule has 3 nitrogen and oxygen atoms in total. The van der Waals surface area contributed by atoms with Crippen LogP contribution >= 0.6 is 0 Å². The van der Waals surface area contributed by atoms with Crippen molar-refractivity contribution >= 4 is 43.6 Å². The predicted molar refractivity (Wildman–Crippen MR) is 240 cm³/mol. The molecule has 0 aliphatic rings. The minimum absolute atomic E-state index is 0.103. The van der Waals surface area contributed by atoms with E-state index in [4.69, 9.17) is 0 Å².